The smallest absolute Gasteiger partial charge is 0.318 e. The first-order chi connectivity index (χ1) is 16.6. The number of nitrogens with one attached hydrogen (secondary N) is 1. The van der Waals surface area contributed by atoms with Crippen LogP contribution in [0.15, 0.2) is 42.6 Å². The summed E-state index contributed by atoms with van der Waals surface area (Å²) in [5, 5.41) is 4.52. The van der Waals surface area contributed by atoms with Crippen LogP contribution in [0.5, 0.6) is 5.75 Å². The topological polar surface area (TPSA) is 46.5 Å². The molecule has 1 aliphatic heterocycles. The highest BCUT2D eigenvalue weighted by molar-refractivity contribution is 7.15. The van der Waals surface area contributed by atoms with E-state index in [0.29, 0.717) is 25.6 Å². The number of carbonyl (C=O) groups excluding carboxylic acids is 1. The standard InChI is InChI=1S/C28H35N3O2S/c1-4-33-21-13-11-20(12-14-21)26-24-9-7-17-30(24)27-23(22-8-5-6-10-25(22)34-27)18-31(26)28(32)29-16-15-19(2)3/h7,9,11-14,17,19,26H,4-6,8,10,15-16,18H2,1-3H3,(H,29,32). The Morgan fingerprint density at radius 1 is 1.15 bits per heavy atom. The summed E-state index contributed by atoms with van der Waals surface area (Å²) in [6, 6.07) is 12.4. The SMILES string of the molecule is CCOc1ccc(C2c3cccn3-c3sc4c(c3CN2C(=O)NCCC(C)C)CCCC4)cc1. The van der Waals surface area contributed by atoms with Crippen LogP contribution < -0.4 is 10.1 Å². The number of benzene rings is 1. The van der Waals surface area contributed by atoms with Crippen LogP contribution in [0, 0.1) is 5.92 Å². The van der Waals surface area contributed by atoms with Crippen molar-refractivity contribution in [2.75, 3.05) is 13.2 Å². The van der Waals surface area contributed by atoms with Gasteiger partial charge in [-0.25, -0.2) is 4.79 Å². The molecule has 1 unspecified atom stereocenters. The third-order valence-electron chi connectivity index (χ3n) is 6.94. The number of nitrogens with zero attached hydrogens (tertiary/aromatic N) is 2. The van der Waals surface area contributed by atoms with Gasteiger partial charge in [-0.05, 0) is 80.3 Å². The highest BCUT2D eigenvalue weighted by Gasteiger charge is 2.36. The van der Waals surface area contributed by atoms with Crippen molar-refractivity contribution in [3.63, 3.8) is 0 Å². The minimum absolute atomic E-state index is 0.0101. The fourth-order valence-corrected chi connectivity index (χ4v) is 6.62. The lowest BCUT2D eigenvalue weighted by Crippen LogP contribution is -2.42. The number of amides is 2. The molecule has 0 spiro atoms. The number of hydrogen-bond acceptors (Lipinski definition) is 3. The van der Waals surface area contributed by atoms with Crippen molar-refractivity contribution in [3.05, 3.63) is 69.9 Å². The summed E-state index contributed by atoms with van der Waals surface area (Å²) in [5.74, 6) is 1.41. The minimum atomic E-state index is -0.163. The van der Waals surface area contributed by atoms with Crippen molar-refractivity contribution < 1.29 is 9.53 Å². The molecule has 180 valence electrons. The Morgan fingerprint density at radius 2 is 1.94 bits per heavy atom. The number of urea groups is 1. The average molecular weight is 478 g/mol. The van der Waals surface area contributed by atoms with Crippen molar-refractivity contribution in [1.29, 1.82) is 0 Å². The Kier molecular flexibility index (Phi) is 6.68. The fourth-order valence-electron chi connectivity index (χ4n) is 5.22. The number of thiophene rings is 1. The summed E-state index contributed by atoms with van der Waals surface area (Å²) in [6.07, 6.45) is 7.91. The molecule has 3 heterocycles. The molecule has 2 aliphatic rings. The number of fused-ring (bicyclic) bond motifs is 5. The summed E-state index contributed by atoms with van der Waals surface area (Å²) in [5.41, 5.74) is 5.06. The largest absolute Gasteiger partial charge is 0.494 e. The second kappa shape index (κ2) is 9.87. The van der Waals surface area contributed by atoms with Crippen LogP contribution in [0.25, 0.3) is 5.00 Å². The Labute approximate surface area is 206 Å². The van der Waals surface area contributed by atoms with Crippen molar-refractivity contribution in [2.45, 2.75) is 65.5 Å². The first kappa shape index (κ1) is 23.0. The lowest BCUT2D eigenvalue weighted by Gasteiger charge is -2.31. The van der Waals surface area contributed by atoms with Crippen LogP contribution in [0.3, 0.4) is 0 Å². The summed E-state index contributed by atoms with van der Waals surface area (Å²) in [4.78, 5) is 17.3. The van der Waals surface area contributed by atoms with E-state index >= 15 is 0 Å². The van der Waals surface area contributed by atoms with Gasteiger partial charge in [0.15, 0.2) is 0 Å². The van der Waals surface area contributed by atoms with E-state index in [1.54, 1.807) is 0 Å². The van der Waals surface area contributed by atoms with E-state index in [1.807, 2.05) is 30.4 Å². The predicted molar refractivity (Wildman–Crippen MR) is 138 cm³/mol. The molecule has 0 fully saturated rings. The monoisotopic (exact) mass is 477 g/mol. The first-order valence-electron chi connectivity index (χ1n) is 12.6. The number of hydrogen-bond donors (Lipinski definition) is 1. The van der Waals surface area contributed by atoms with Gasteiger partial charge in [0, 0.05) is 23.2 Å². The van der Waals surface area contributed by atoms with Crippen LogP contribution >= 0.6 is 11.3 Å². The molecule has 1 aromatic carbocycles. The second-order valence-electron chi connectivity index (χ2n) is 9.74. The van der Waals surface area contributed by atoms with Gasteiger partial charge in [0.05, 0.1) is 24.9 Å². The van der Waals surface area contributed by atoms with E-state index in [2.05, 4.69) is 59.1 Å². The minimum Gasteiger partial charge on any atom is -0.494 e. The maximum absolute atomic E-state index is 13.7. The Hall–Kier alpha value is -2.73. The van der Waals surface area contributed by atoms with E-state index in [0.717, 1.165) is 36.3 Å². The van der Waals surface area contributed by atoms with E-state index in [9.17, 15) is 4.79 Å². The van der Waals surface area contributed by atoms with E-state index in [4.69, 9.17) is 4.74 Å². The van der Waals surface area contributed by atoms with Gasteiger partial charge in [0.25, 0.3) is 0 Å². The zero-order chi connectivity index (χ0) is 23.7. The van der Waals surface area contributed by atoms with Gasteiger partial charge in [0.1, 0.15) is 10.8 Å². The molecular formula is C28H35N3O2S. The van der Waals surface area contributed by atoms with Gasteiger partial charge in [0.2, 0.25) is 0 Å². The fraction of sp³-hybridized carbons (Fsp3) is 0.464. The van der Waals surface area contributed by atoms with Crippen LogP contribution in [-0.4, -0.2) is 28.6 Å². The number of aryl methyl sites for hydroxylation is 1. The van der Waals surface area contributed by atoms with Gasteiger partial charge >= 0.3 is 6.03 Å². The molecule has 5 rings (SSSR count). The van der Waals surface area contributed by atoms with Crippen LogP contribution in [-0.2, 0) is 19.4 Å². The van der Waals surface area contributed by atoms with E-state index in [-0.39, 0.29) is 12.1 Å². The van der Waals surface area contributed by atoms with Gasteiger partial charge < -0.3 is 19.5 Å². The maximum atomic E-state index is 13.7. The Morgan fingerprint density at radius 3 is 2.71 bits per heavy atom. The molecule has 1 N–H and O–H groups in total. The highest BCUT2D eigenvalue weighted by atomic mass is 32.1. The molecule has 0 bridgehead atoms. The second-order valence-corrected chi connectivity index (χ2v) is 10.8. The molecule has 0 saturated carbocycles. The quantitative estimate of drug-likeness (QED) is 0.442. The molecular weight excluding hydrogens is 442 g/mol. The zero-order valence-corrected chi connectivity index (χ0v) is 21.3. The van der Waals surface area contributed by atoms with Crippen molar-refractivity contribution in [3.8, 4) is 10.8 Å². The number of rotatable bonds is 6. The number of carbonyl (C=O) groups is 1. The lowest BCUT2D eigenvalue weighted by molar-refractivity contribution is 0.180. The summed E-state index contributed by atoms with van der Waals surface area (Å²) >= 11 is 1.92. The molecule has 0 radical (unpaired) electrons. The van der Waals surface area contributed by atoms with Crippen LogP contribution in [0.4, 0.5) is 4.79 Å². The maximum Gasteiger partial charge on any atom is 0.318 e. The molecule has 1 atom stereocenters. The van der Waals surface area contributed by atoms with Gasteiger partial charge in [-0.15, -0.1) is 11.3 Å². The summed E-state index contributed by atoms with van der Waals surface area (Å²) < 4.78 is 8.02. The Bertz CT molecular complexity index is 1150. The van der Waals surface area contributed by atoms with Crippen molar-refractivity contribution in [2.24, 2.45) is 5.92 Å². The third-order valence-corrected chi connectivity index (χ3v) is 8.28. The van der Waals surface area contributed by atoms with E-state index < -0.39 is 0 Å². The van der Waals surface area contributed by atoms with Crippen LogP contribution in [0.1, 0.15) is 73.3 Å². The van der Waals surface area contributed by atoms with Gasteiger partial charge in [-0.1, -0.05) is 26.0 Å². The molecule has 5 nitrogen and oxygen atoms in total. The summed E-state index contributed by atoms with van der Waals surface area (Å²) in [6.45, 7) is 8.35. The molecule has 1 aliphatic carbocycles. The Balaban J connectivity index is 1.58. The summed E-state index contributed by atoms with van der Waals surface area (Å²) in [7, 11) is 0. The highest BCUT2D eigenvalue weighted by Crippen LogP contribution is 2.44. The van der Waals surface area contributed by atoms with Crippen LogP contribution in [0.2, 0.25) is 0 Å². The van der Waals surface area contributed by atoms with E-state index in [1.165, 1.54) is 33.8 Å². The van der Waals surface area contributed by atoms with Crippen molar-refractivity contribution >= 4 is 17.4 Å². The first-order valence-corrected chi connectivity index (χ1v) is 13.5. The molecule has 6 heteroatoms. The average Bonchev–Trinajstić information content (AvgIpc) is 3.41. The molecule has 34 heavy (non-hydrogen) atoms. The predicted octanol–water partition coefficient (Wildman–Crippen LogP) is 6.48. The lowest BCUT2D eigenvalue weighted by atomic mass is 9.95. The molecule has 3 aromatic rings. The molecule has 2 aromatic heterocycles. The van der Waals surface area contributed by atoms with Crippen molar-refractivity contribution in [1.82, 2.24) is 14.8 Å². The normalized spacial score (nSPS) is 17.1. The number of aromatic nitrogens is 1. The van der Waals surface area contributed by atoms with Gasteiger partial charge in [-0.2, -0.15) is 0 Å². The van der Waals surface area contributed by atoms with Gasteiger partial charge in [-0.3, -0.25) is 0 Å². The number of ether oxygens (including phenoxy) is 1. The molecule has 0 saturated heterocycles. The molecule has 2 amide bonds. The zero-order valence-electron chi connectivity index (χ0n) is 20.5. The third kappa shape index (κ3) is 4.36.